The Morgan fingerprint density at radius 3 is 2.53 bits per heavy atom. The number of hydrogen-bond donors (Lipinski definition) is 1. The zero-order valence-corrected chi connectivity index (χ0v) is 10.1. The van der Waals surface area contributed by atoms with E-state index in [2.05, 4.69) is 4.98 Å². The molecule has 0 aliphatic rings. The Labute approximate surface area is 104 Å². The van der Waals surface area contributed by atoms with E-state index in [4.69, 9.17) is 0 Å². The van der Waals surface area contributed by atoms with Crippen molar-refractivity contribution in [1.29, 1.82) is 0 Å². The molecule has 0 radical (unpaired) electrons. The normalized spacial score (nSPS) is 12.4. The number of rotatable bonds is 3. The Morgan fingerprint density at radius 1 is 1.24 bits per heavy atom. The van der Waals surface area contributed by atoms with E-state index in [9.17, 15) is 9.50 Å². The number of halogens is 1. The standard InChI is InChI=1S/C13H12FNOS/c1-17-10-4-2-9(3-5-10)13(16)11-6-7-15-8-12(11)14/h2-8,13,16H,1H3. The molecular weight excluding hydrogens is 237 g/mol. The summed E-state index contributed by atoms with van der Waals surface area (Å²) in [6.45, 7) is 0. The van der Waals surface area contributed by atoms with Gasteiger partial charge in [0, 0.05) is 16.7 Å². The molecule has 2 aromatic rings. The maximum Gasteiger partial charge on any atom is 0.147 e. The van der Waals surface area contributed by atoms with E-state index in [0.29, 0.717) is 5.56 Å². The maximum atomic E-state index is 13.4. The van der Waals surface area contributed by atoms with Crippen LogP contribution in [0.2, 0.25) is 0 Å². The lowest BCUT2D eigenvalue weighted by molar-refractivity contribution is 0.214. The molecule has 1 unspecified atom stereocenters. The Kier molecular flexibility index (Phi) is 3.76. The van der Waals surface area contributed by atoms with Gasteiger partial charge >= 0.3 is 0 Å². The fourth-order valence-electron chi connectivity index (χ4n) is 1.57. The maximum absolute atomic E-state index is 13.4. The molecule has 1 atom stereocenters. The van der Waals surface area contributed by atoms with Gasteiger partial charge in [-0.25, -0.2) is 4.39 Å². The smallest absolute Gasteiger partial charge is 0.147 e. The lowest BCUT2D eigenvalue weighted by Crippen LogP contribution is -2.02. The van der Waals surface area contributed by atoms with Crippen molar-refractivity contribution in [2.75, 3.05) is 6.26 Å². The quantitative estimate of drug-likeness (QED) is 0.849. The zero-order valence-electron chi connectivity index (χ0n) is 9.30. The molecule has 2 nitrogen and oxygen atoms in total. The molecule has 0 aliphatic heterocycles. The topological polar surface area (TPSA) is 33.1 Å². The first-order chi connectivity index (χ1) is 8.22. The van der Waals surface area contributed by atoms with Crippen molar-refractivity contribution in [3.8, 4) is 0 Å². The number of hydrogen-bond acceptors (Lipinski definition) is 3. The molecule has 0 saturated carbocycles. The molecule has 0 amide bonds. The van der Waals surface area contributed by atoms with Gasteiger partial charge in [-0.15, -0.1) is 11.8 Å². The molecule has 17 heavy (non-hydrogen) atoms. The lowest BCUT2D eigenvalue weighted by atomic mass is 10.0. The van der Waals surface area contributed by atoms with Gasteiger partial charge in [0.1, 0.15) is 11.9 Å². The summed E-state index contributed by atoms with van der Waals surface area (Å²) in [6, 6.07) is 8.90. The monoisotopic (exact) mass is 249 g/mol. The van der Waals surface area contributed by atoms with Crippen LogP contribution in [0, 0.1) is 5.82 Å². The van der Waals surface area contributed by atoms with Gasteiger partial charge in [-0.05, 0) is 30.0 Å². The summed E-state index contributed by atoms with van der Waals surface area (Å²) in [6.07, 6.45) is 3.61. The van der Waals surface area contributed by atoms with Crippen LogP contribution in [0.1, 0.15) is 17.2 Å². The summed E-state index contributed by atoms with van der Waals surface area (Å²) in [5, 5.41) is 10.1. The highest BCUT2D eigenvalue weighted by Gasteiger charge is 2.14. The van der Waals surface area contributed by atoms with Crippen LogP contribution in [-0.4, -0.2) is 16.3 Å². The summed E-state index contributed by atoms with van der Waals surface area (Å²) in [7, 11) is 0. The van der Waals surface area contributed by atoms with Gasteiger partial charge in [0.15, 0.2) is 0 Å². The summed E-state index contributed by atoms with van der Waals surface area (Å²) in [4.78, 5) is 4.77. The largest absolute Gasteiger partial charge is 0.384 e. The highest BCUT2D eigenvalue weighted by Crippen LogP contribution is 2.25. The minimum Gasteiger partial charge on any atom is -0.384 e. The molecule has 0 fully saturated rings. The number of aliphatic hydroxyl groups excluding tert-OH is 1. The summed E-state index contributed by atoms with van der Waals surface area (Å²) < 4.78 is 13.4. The molecule has 0 aliphatic carbocycles. The number of nitrogens with zero attached hydrogens (tertiary/aromatic N) is 1. The Bertz CT molecular complexity index is 501. The van der Waals surface area contributed by atoms with E-state index in [0.717, 1.165) is 11.1 Å². The van der Waals surface area contributed by atoms with Crippen LogP contribution in [0.4, 0.5) is 4.39 Å². The molecule has 1 heterocycles. The van der Waals surface area contributed by atoms with Gasteiger partial charge in [-0.2, -0.15) is 0 Å². The third kappa shape index (κ3) is 2.65. The van der Waals surface area contributed by atoms with Crippen molar-refractivity contribution < 1.29 is 9.50 Å². The van der Waals surface area contributed by atoms with Crippen molar-refractivity contribution in [2.45, 2.75) is 11.0 Å². The van der Waals surface area contributed by atoms with Crippen LogP contribution in [0.25, 0.3) is 0 Å². The fraction of sp³-hybridized carbons (Fsp3) is 0.154. The number of aromatic nitrogens is 1. The Balaban J connectivity index is 2.30. The minimum absolute atomic E-state index is 0.247. The van der Waals surface area contributed by atoms with Crippen molar-refractivity contribution >= 4 is 11.8 Å². The van der Waals surface area contributed by atoms with Crippen LogP contribution in [0.3, 0.4) is 0 Å². The van der Waals surface area contributed by atoms with E-state index in [1.165, 1.54) is 12.3 Å². The third-order valence-corrected chi connectivity index (χ3v) is 3.27. The molecule has 1 aromatic carbocycles. The van der Waals surface area contributed by atoms with E-state index in [1.807, 2.05) is 18.4 Å². The first-order valence-corrected chi connectivity index (χ1v) is 6.36. The SMILES string of the molecule is CSc1ccc(C(O)c2ccncc2F)cc1. The number of aliphatic hydroxyl groups is 1. The van der Waals surface area contributed by atoms with Gasteiger partial charge in [0.25, 0.3) is 0 Å². The molecule has 0 saturated heterocycles. The predicted molar refractivity (Wildman–Crippen MR) is 66.5 cm³/mol. The molecule has 4 heteroatoms. The second kappa shape index (κ2) is 5.29. The third-order valence-electron chi connectivity index (χ3n) is 2.53. The predicted octanol–water partition coefficient (Wildman–Crippen LogP) is 3.02. The molecule has 0 spiro atoms. The summed E-state index contributed by atoms with van der Waals surface area (Å²) in [5.41, 5.74) is 0.921. The molecule has 2 rings (SSSR count). The van der Waals surface area contributed by atoms with E-state index in [-0.39, 0.29) is 5.56 Å². The van der Waals surface area contributed by atoms with Crippen LogP contribution in [-0.2, 0) is 0 Å². The van der Waals surface area contributed by atoms with E-state index >= 15 is 0 Å². The molecular formula is C13H12FNOS. The van der Waals surface area contributed by atoms with E-state index < -0.39 is 11.9 Å². The highest BCUT2D eigenvalue weighted by molar-refractivity contribution is 7.98. The Hall–Kier alpha value is -1.39. The zero-order chi connectivity index (χ0) is 12.3. The second-order valence-electron chi connectivity index (χ2n) is 3.57. The van der Waals surface area contributed by atoms with Gasteiger partial charge in [-0.1, -0.05) is 12.1 Å². The van der Waals surface area contributed by atoms with Gasteiger partial charge in [0.05, 0.1) is 6.20 Å². The summed E-state index contributed by atoms with van der Waals surface area (Å²) in [5.74, 6) is -0.492. The average molecular weight is 249 g/mol. The highest BCUT2D eigenvalue weighted by atomic mass is 32.2. The fourth-order valence-corrected chi connectivity index (χ4v) is 1.98. The van der Waals surface area contributed by atoms with Crippen molar-refractivity contribution in [2.24, 2.45) is 0 Å². The number of thioether (sulfide) groups is 1. The number of benzene rings is 1. The van der Waals surface area contributed by atoms with Crippen LogP contribution in [0.5, 0.6) is 0 Å². The first kappa shape index (κ1) is 12.1. The van der Waals surface area contributed by atoms with Crippen LogP contribution < -0.4 is 0 Å². The van der Waals surface area contributed by atoms with Crippen molar-refractivity contribution in [1.82, 2.24) is 4.98 Å². The van der Waals surface area contributed by atoms with E-state index in [1.54, 1.807) is 23.9 Å². The second-order valence-corrected chi connectivity index (χ2v) is 4.45. The Morgan fingerprint density at radius 2 is 1.94 bits per heavy atom. The molecule has 0 bridgehead atoms. The number of pyridine rings is 1. The molecule has 1 aromatic heterocycles. The van der Waals surface area contributed by atoms with Crippen LogP contribution >= 0.6 is 11.8 Å². The minimum atomic E-state index is -0.950. The molecule has 88 valence electrons. The van der Waals surface area contributed by atoms with Gasteiger partial charge in [-0.3, -0.25) is 4.98 Å². The first-order valence-electron chi connectivity index (χ1n) is 5.14. The average Bonchev–Trinajstić information content (AvgIpc) is 2.39. The van der Waals surface area contributed by atoms with Gasteiger partial charge < -0.3 is 5.11 Å². The van der Waals surface area contributed by atoms with Crippen molar-refractivity contribution in [3.05, 3.63) is 59.7 Å². The van der Waals surface area contributed by atoms with Gasteiger partial charge in [0.2, 0.25) is 0 Å². The van der Waals surface area contributed by atoms with Crippen LogP contribution in [0.15, 0.2) is 47.6 Å². The van der Waals surface area contributed by atoms with Crippen molar-refractivity contribution in [3.63, 3.8) is 0 Å². The summed E-state index contributed by atoms with van der Waals surface area (Å²) >= 11 is 1.62. The lowest BCUT2D eigenvalue weighted by Gasteiger charge is -2.12. The molecule has 1 N–H and O–H groups in total.